The molecule has 0 atom stereocenters. The number of carbonyl (C=O) groups is 1. The second kappa shape index (κ2) is 5.75. The van der Waals surface area contributed by atoms with Crippen molar-refractivity contribution in [2.45, 2.75) is 25.4 Å². The van der Waals surface area contributed by atoms with E-state index in [9.17, 15) is 4.79 Å². The van der Waals surface area contributed by atoms with Crippen molar-refractivity contribution in [3.8, 4) is 11.5 Å². The van der Waals surface area contributed by atoms with E-state index in [0.29, 0.717) is 24.2 Å². The lowest BCUT2D eigenvalue weighted by atomic mass is 10.2. The summed E-state index contributed by atoms with van der Waals surface area (Å²) in [6, 6.07) is 7.66. The third-order valence-electron chi connectivity index (χ3n) is 3.69. The summed E-state index contributed by atoms with van der Waals surface area (Å²) in [5.74, 6) is 1.76. The van der Waals surface area contributed by atoms with Crippen LogP contribution < -0.4 is 20.1 Å². The van der Waals surface area contributed by atoms with Gasteiger partial charge in [-0.3, -0.25) is 4.79 Å². The van der Waals surface area contributed by atoms with Crippen LogP contribution in [0.2, 0.25) is 0 Å². The van der Waals surface area contributed by atoms with Crippen molar-refractivity contribution in [3.05, 3.63) is 41.7 Å². The molecule has 1 saturated carbocycles. The number of hydrogen-bond acceptors (Lipinski definition) is 6. The number of rotatable bonds is 5. The molecule has 0 radical (unpaired) electrons. The van der Waals surface area contributed by atoms with Crippen LogP contribution in [0.4, 0.5) is 5.95 Å². The number of benzene rings is 1. The van der Waals surface area contributed by atoms with Gasteiger partial charge in [-0.1, -0.05) is 6.07 Å². The minimum absolute atomic E-state index is 0.152. The van der Waals surface area contributed by atoms with Crippen molar-refractivity contribution in [1.82, 2.24) is 15.3 Å². The van der Waals surface area contributed by atoms with Crippen LogP contribution in [0.1, 0.15) is 28.9 Å². The Morgan fingerprint density at radius 3 is 2.96 bits per heavy atom. The molecular weight excluding hydrogens is 296 g/mol. The average Bonchev–Trinajstić information content (AvgIpc) is 3.26. The SMILES string of the molecule is O=C(NC1CC1)c1ccnc(NCc2ccc3c(c2)OCO3)n1. The molecule has 7 heteroatoms. The number of hydrogen-bond donors (Lipinski definition) is 2. The number of amides is 1. The zero-order valence-electron chi connectivity index (χ0n) is 12.4. The van der Waals surface area contributed by atoms with Crippen LogP contribution >= 0.6 is 0 Å². The largest absolute Gasteiger partial charge is 0.454 e. The summed E-state index contributed by atoms with van der Waals surface area (Å²) >= 11 is 0. The fraction of sp³-hybridized carbons (Fsp3) is 0.312. The van der Waals surface area contributed by atoms with Gasteiger partial charge in [0, 0.05) is 18.8 Å². The highest BCUT2D eigenvalue weighted by molar-refractivity contribution is 5.92. The van der Waals surface area contributed by atoms with E-state index < -0.39 is 0 Å². The third kappa shape index (κ3) is 3.18. The van der Waals surface area contributed by atoms with Gasteiger partial charge in [-0.05, 0) is 36.6 Å². The van der Waals surface area contributed by atoms with Crippen molar-refractivity contribution in [1.29, 1.82) is 0 Å². The van der Waals surface area contributed by atoms with Crippen LogP contribution in [0.5, 0.6) is 11.5 Å². The molecule has 4 rings (SSSR count). The Hall–Kier alpha value is -2.83. The van der Waals surface area contributed by atoms with E-state index in [2.05, 4.69) is 20.6 Å². The second-order valence-electron chi connectivity index (χ2n) is 5.55. The monoisotopic (exact) mass is 312 g/mol. The Morgan fingerprint density at radius 2 is 2.09 bits per heavy atom. The number of anilines is 1. The number of nitrogens with one attached hydrogen (secondary N) is 2. The molecule has 2 N–H and O–H groups in total. The minimum atomic E-state index is -0.152. The van der Waals surface area contributed by atoms with Crippen LogP contribution in [0.15, 0.2) is 30.5 Å². The Balaban J connectivity index is 1.41. The van der Waals surface area contributed by atoms with Crippen LogP contribution in [0.3, 0.4) is 0 Å². The van der Waals surface area contributed by atoms with Crippen molar-refractivity contribution < 1.29 is 14.3 Å². The molecule has 1 aromatic carbocycles. The van der Waals surface area contributed by atoms with Gasteiger partial charge in [0.25, 0.3) is 5.91 Å². The maximum atomic E-state index is 12.0. The molecule has 2 aliphatic rings. The molecule has 2 heterocycles. The van der Waals surface area contributed by atoms with Gasteiger partial charge >= 0.3 is 0 Å². The first-order valence-corrected chi connectivity index (χ1v) is 7.54. The molecular formula is C16H16N4O3. The molecule has 0 unspecified atom stereocenters. The summed E-state index contributed by atoms with van der Waals surface area (Å²) in [5, 5.41) is 6.03. The van der Waals surface area contributed by atoms with Crippen molar-refractivity contribution in [2.24, 2.45) is 0 Å². The quantitative estimate of drug-likeness (QED) is 0.874. The molecule has 1 fully saturated rings. The van der Waals surface area contributed by atoms with Gasteiger partial charge in [0.05, 0.1) is 0 Å². The summed E-state index contributed by atoms with van der Waals surface area (Å²) in [4.78, 5) is 20.4. The molecule has 0 spiro atoms. The fourth-order valence-corrected chi connectivity index (χ4v) is 2.29. The number of aromatic nitrogens is 2. The van der Waals surface area contributed by atoms with Crippen LogP contribution in [-0.4, -0.2) is 28.7 Å². The molecule has 23 heavy (non-hydrogen) atoms. The average molecular weight is 312 g/mol. The number of carbonyl (C=O) groups excluding carboxylic acids is 1. The molecule has 0 saturated heterocycles. The molecule has 1 amide bonds. The molecule has 1 aliphatic heterocycles. The summed E-state index contributed by atoms with van der Waals surface area (Å²) in [7, 11) is 0. The predicted molar refractivity (Wildman–Crippen MR) is 82.4 cm³/mol. The second-order valence-corrected chi connectivity index (χ2v) is 5.55. The van der Waals surface area contributed by atoms with Crippen LogP contribution in [0, 0.1) is 0 Å². The maximum Gasteiger partial charge on any atom is 0.270 e. The van der Waals surface area contributed by atoms with E-state index >= 15 is 0 Å². The lowest BCUT2D eigenvalue weighted by Crippen LogP contribution is -2.26. The smallest absolute Gasteiger partial charge is 0.270 e. The molecule has 118 valence electrons. The molecule has 1 aromatic heterocycles. The van der Waals surface area contributed by atoms with E-state index in [-0.39, 0.29) is 12.7 Å². The Kier molecular flexibility index (Phi) is 3.45. The summed E-state index contributed by atoms with van der Waals surface area (Å²) in [6.07, 6.45) is 3.68. The first-order chi connectivity index (χ1) is 11.3. The van der Waals surface area contributed by atoms with Crippen molar-refractivity contribution in [3.63, 3.8) is 0 Å². The molecule has 7 nitrogen and oxygen atoms in total. The van der Waals surface area contributed by atoms with Gasteiger partial charge in [-0.2, -0.15) is 0 Å². The number of nitrogens with zero attached hydrogens (tertiary/aromatic N) is 2. The number of ether oxygens (including phenoxy) is 2. The van der Waals surface area contributed by atoms with Gasteiger partial charge in [-0.15, -0.1) is 0 Å². The highest BCUT2D eigenvalue weighted by Crippen LogP contribution is 2.32. The fourth-order valence-electron chi connectivity index (χ4n) is 2.29. The molecule has 1 aliphatic carbocycles. The zero-order valence-corrected chi connectivity index (χ0v) is 12.4. The summed E-state index contributed by atoms with van der Waals surface area (Å²) in [5.41, 5.74) is 1.39. The standard InChI is InChI=1S/C16H16N4O3/c21-15(19-11-2-3-11)12-5-6-17-16(20-12)18-8-10-1-4-13-14(7-10)23-9-22-13/h1,4-7,11H,2-3,8-9H2,(H,19,21)(H,17,18,20). The van der Waals surface area contributed by atoms with Gasteiger partial charge in [-0.25, -0.2) is 9.97 Å². The van der Waals surface area contributed by atoms with E-state index in [1.54, 1.807) is 12.3 Å². The molecule has 0 bridgehead atoms. The van der Waals surface area contributed by atoms with Crippen molar-refractivity contribution >= 4 is 11.9 Å². The van der Waals surface area contributed by atoms with Crippen LogP contribution in [0.25, 0.3) is 0 Å². The Bertz CT molecular complexity index is 746. The topological polar surface area (TPSA) is 85.4 Å². The lowest BCUT2D eigenvalue weighted by Gasteiger charge is -2.07. The first-order valence-electron chi connectivity index (χ1n) is 7.54. The highest BCUT2D eigenvalue weighted by Gasteiger charge is 2.24. The van der Waals surface area contributed by atoms with Gasteiger partial charge in [0.15, 0.2) is 11.5 Å². The van der Waals surface area contributed by atoms with E-state index in [1.807, 2.05) is 18.2 Å². The predicted octanol–water partition coefficient (Wildman–Crippen LogP) is 1.71. The van der Waals surface area contributed by atoms with Gasteiger partial charge < -0.3 is 20.1 Å². The van der Waals surface area contributed by atoms with Crippen molar-refractivity contribution in [2.75, 3.05) is 12.1 Å². The van der Waals surface area contributed by atoms with Crippen LogP contribution in [-0.2, 0) is 6.54 Å². The number of fused-ring (bicyclic) bond motifs is 1. The zero-order chi connectivity index (χ0) is 15.6. The maximum absolute atomic E-state index is 12.0. The normalized spacial score (nSPS) is 15.3. The first kappa shape index (κ1) is 13.8. The third-order valence-corrected chi connectivity index (χ3v) is 3.69. The van der Waals surface area contributed by atoms with Gasteiger partial charge in [0.1, 0.15) is 5.69 Å². The Labute approximate surface area is 133 Å². The van der Waals surface area contributed by atoms with E-state index in [0.717, 1.165) is 29.9 Å². The Morgan fingerprint density at radius 1 is 1.22 bits per heavy atom. The van der Waals surface area contributed by atoms with Gasteiger partial charge in [0.2, 0.25) is 12.7 Å². The summed E-state index contributed by atoms with van der Waals surface area (Å²) < 4.78 is 10.6. The van der Waals surface area contributed by atoms with E-state index in [4.69, 9.17) is 9.47 Å². The summed E-state index contributed by atoms with van der Waals surface area (Å²) in [6.45, 7) is 0.789. The van der Waals surface area contributed by atoms with E-state index in [1.165, 1.54) is 0 Å². The highest BCUT2D eigenvalue weighted by atomic mass is 16.7. The lowest BCUT2D eigenvalue weighted by molar-refractivity contribution is 0.0946. The molecule has 2 aromatic rings. The minimum Gasteiger partial charge on any atom is -0.454 e.